The van der Waals surface area contributed by atoms with Gasteiger partial charge in [-0.1, -0.05) is 5.16 Å². The third-order valence-corrected chi connectivity index (χ3v) is 5.51. The number of carbonyl (C=O) groups is 3. The molecular formula is C21H31N3O13Y. The Labute approximate surface area is 242 Å². The zero-order valence-electron chi connectivity index (χ0n) is 20.4. The van der Waals surface area contributed by atoms with Gasteiger partial charge in [0, 0.05) is 59.0 Å². The van der Waals surface area contributed by atoms with E-state index >= 15 is 0 Å². The number of hydrogen-bond acceptors (Lipinski definition) is 13. The van der Waals surface area contributed by atoms with Crippen LogP contribution >= 0.6 is 0 Å². The van der Waals surface area contributed by atoms with Crippen LogP contribution in [0.15, 0.2) is 5.16 Å². The number of nitrogens with zero attached hydrogens (tertiary/aromatic N) is 1. The first-order valence-corrected chi connectivity index (χ1v) is 11.2. The van der Waals surface area contributed by atoms with Crippen molar-refractivity contribution >= 4 is 24.0 Å². The molecule has 2 aliphatic heterocycles. The average molecular weight is 622 g/mol. The summed E-state index contributed by atoms with van der Waals surface area (Å²) in [5.74, 6) is -3.05. The Kier molecular flexibility index (Phi) is 14.2. The van der Waals surface area contributed by atoms with Crippen LogP contribution in [0.25, 0.3) is 0 Å². The van der Waals surface area contributed by atoms with Crippen LogP contribution in [0.5, 0.6) is 0 Å². The minimum Gasteiger partial charge on any atom is -0.477 e. The second kappa shape index (κ2) is 15.7. The van der Waals surface area contributed by atoms with Crippen molar-refractivity contribution in [2.45, 2.75) is 74.5 Å². The molecule has 2 aliphatic rings. The van der Waals surface area contributed by atoms with E-state index in [0.717, 1.165) is 13.1 Å². The molecule has 0 aromatic heterocycles. The molecule has 0 bridgehead atoms. The number of aliphatic carboxylic acids is 1. The molecule has 0 aromatic carbocycles. The zero-order valence-corrected chi connectivity index (χ0v) is 23.2. The van der Waals surface area contributed by atoms with E-state index in [1.807, 2.05) is 0 Å². The second-order valence-electron chi connectivity index (χ2n) is 8.32. The molecule has 2 saturated heterocycles. The number of carboxylic acid groups (broad SMARTS) is 1. The first kappa shape index (κ1) is 34.3. The molecule has 17 heteroatoms. The molecule has 1 radical (unpaired) electrons. The van der Waals surface area contributed by atoms with Crippen LogP contribution in [0.3, 0.4) is 0 Å². The molecule has 9 unspecified atom stereocenters. The smallest absolute Gasteiger partial charge is 0.364 e. The Morgan fingerprint density at radius 1 is 1.18 bits per heavy atom. The van der Waals surface area contributed by atoms with E-state index in [9.17, 15) is 45.0 Å². The van der Waals surface area contributed by atoms with Gasteiger partial charge < -0.3 is 60.3 Å². The van der Waals surface area contributed by atoms with Crippen molar-refractivity contribution in [1.82, 2.24) is 10.6 Å². The summed E-state index contributed by atoms with van der Waals surface area (Å²) in [7, 11) is 0. The Morgan fingerprint density at radius 3 is 2.47 bits per heavy atom. The number of rotatable bonds is 11. The molecule has 211 valence electrons. The van der Waals surface area contributed by atoms with Gasteiger partial charge >= 0.3 is 5.97 Å². The summed E-state index contributed by atoms with van der Waals surface area (Å²) in [5, 5.41) is 68.1. The molecule has 0 aliphatic carbocycles. The summed E-state index contributed by atoms with van der Waals surface area (Å²) in [5.41, 5.74) is 0. The van der Waals surface area contributed by atoms with Crippen LogP contribution in [0.2, 0.25) is 0 Å². The van der Waals surface area contributed by atoms with Gasteiger partial charge in [-0.2, -0.15) is 0 Å². The van der Waals surface area contributed by atoms with Gasteiger partial charge in [0.05, 0.1) is 25.0 Å². The number of nitrogens with one attached hydrogen (secondary N) is 2. The summed E-state index contributed by atoms with van der Waals surface area (Å²) >= 11 is 0. The van der Waals surface area contributed by atoms with Gasteiger partial charge in [0.1, 0.15) is 30.5 Å². The molecule has 0 spiro atoms. The van der Waals surface area contributed by atoms with Crippen LogP contribution < -0.4 is 10.6 Å². The fraction of sp³-hybridized carbons (Fsp3) is 0.714. The molecule has 9 atom stereocenters. The summed E-state index contributed by atoms with van der Waals surface area (Å²) in [4.78, 5) is 40.3. The number of aliphatic hydroxyl groups excluding tert-OH is 5. The van der Waals surface area contributed by atoms with Crippen molar-refractivity contribution in [1.29, 1.82) is 0 Å². The van der Waals surface area contributed by atoms with E-state index in [4.69, 9.17) is 25.5 Å². The fourth-order valence-corrected chi connectivity index (χ4v) is 3.60. The minimum atomic E-state index is -2.56. The third kappa shape index (κ3) is 9.16. The van der Waals surface area contributed by atoms with Gasteiger partial charge in [0.25, 0.3) is 11.7 Å². The van der Waals surface area contributed by atoms with E-state index in [1.54, 1.807) is 0 Å². The monoisotopic (exact) mass is 622 g/mol. The predicted molar refractivity (Wildman–Crippen MR) is 119 cm³/mol. The Balaban J connectivity index is 0.00000722. The molecular weight excluding hydrogens is 591 g/mol. The van der Waals surface area contributed by atoms with Gasteiger partial charge in [0.2, 0.25) is 5.91 Å². The molecule has 38 heavy (non-hydrogen) atoms. The van der Waals surface area contributed by atoms with E-state index < -0.39 is 92.2 Å². The van der Waals surface area contributed by atoms with E-state index in [0.29, 0.717) is 6.42 Å². The number of hydrogen-bond donors (Lipinski definition) is 8. The average Bonchev–Trinajstić information content (AvgIpc) is 2.83. The minimum absolute atomic E-state index is 0. The first-order chi connectivity index (χ1) is 17.4. The topological polar surface area (TPSA) is 246 Å². The molecule has 2 fully saturated rings. The van der Waals surface area contributed by atoms with E-state index in [-0.39, 0.29) is 39.3 Å². The van der Waals surface area contributed by atoms with Crippen molar-refractivity contribution in [3.8, 4) is 12.3 Å². The van der Waals surface area contributed by atoms with Gasteiger partial charge in [-0.15, -0.1) is 12.3 Å². The fourth-order valence-electron chi connectivity index (χ4n) is 3.60. The van der Waals surface area contributed by atoms with Crippen LogP contribution in [0, 0.1) is 12.3 Å². The normalized spacial score (nSPS) is 35.0. The van der Waals surface area contributed by atoms with Crippen LogP contribution in [-0.4, -0.2) is 129 Å². The molecule has 2 rings (SSSR count). The molecule has 0 aromatic rings. The Morgan fingerprint density at radius 2 is 1.87 bits per heavy atom. The maximum atomic E-state index is 12.1. The number of oxime groups is 1. The maximum Gasteiger partial charge on any atom is 0.364 e. The number of ether oxygens (including phenoxy) is 3. The van der Waals surface area contributed by atoms with E-state index in [1.165, 1.54) is 0 Å². The van der Waals surface area contributed by atoms with Crippen molar-refractivity contribution in [3.05, 3.63) is 0 Å². The standard InChI is InChI=1S/C21H31N3O13.Y/c1-3-4-5-22-14(27)9-35-23-7-12-15(24-10(2)25)11(26)6-21(37-12,20(32)33)34-8-13-16(28)17(29)18(30)19(31)36-13;/h1,7,11-13,15-19,26,28-31H,4-6,8-9H2,2H3,(H,22,27)(H,24,25)(H,32,33);/b23-7+;. The molecule has 16 nitrogen and oxygen atoms in total. The quantitative estimate of drug-likeness (QED) is 0.0468. The largest absolute Gasteiger partial charge is 0.477 e. The second-order valence-corrected chi connectivity index (χ2v) is 8.32. The number of terminal acetylenes is 1. The maximum absolute atomic E-state index is 12.1. The van der Waals surface area contributed by atoms with Gasteiger partial charge in [-0.05, 0) is 0 Å². The summed E-state index contributed by atoms with van der Waals surface area (Å²) in [6.45, 7) is 0.0926. The number of carbonyl (C=O) groups excluding carboxylic acids is 2. The molecule has 2 heterocycles. The molecule has 8 N–H and O–H groups in total. The van der Waals surface area contributed by atoms with Crippen molar-refractivity contribution < 1.29 is 96.8 Å². The SMILES string of the molecule is C#CCCNC(=O)CO/N=C/C1OC(OCC2OC(O)C(O)C(O)C2O)(C(=O)O)CC(O)C1NC(C)=O.[Y]. The molecule has 2 amide bonds. The number of aliphatic hydroxyl groups is 5. The van der Waals surface area contributed by atoms with Crippen LogP contribution in [-0.2, 0) is 66.1 Å². The zero-order chi connectivity index (χ0) is 27.8. The van der Waals surface area contributed by atoms with Crippen molar-refractivity contribution in [2.75, 3.05) is 19.8 Å². The van der Waals surface area contributed by atoms with Crippen molar-refractivity contribution in [3.63, 3.8) is 0 Å². The predicted octanol–water partition coefficient (Wildman–Crippen LogP) is -4.62. The molecule has 0 saturated carbocycles. The Hall–Kier alpha value is -1.78. The van der Waals surface area contributed by atoms with Gasteiger partial charge in [-0.3, -0.25) is 9.59 Å². The summed E-state index contributed by atoms with van der Waals surface area (Å²) < 4.78 is 15.9. The van der Waals surface area contributed by atoms with Gasteiger partial charge in [0.15, 0.2) is 12.9 Å². The van der Waals surface area contributed by atoms with Crippen molar-refractivity contribution in [2.24, 2.45) is 5.16 Å². The Bertz CT molecular complexity index is 887. The first-order valence-electron chi connectivity index (χ1n) is 11.2. The van der Waals surface area contributed by atoms with Crippen LogP contribution in [0.1, 0.15) is 19.8 Å². The summed E-state index contributed by atoms with van der Waals surface area (Å²) in [6, 6.07) is -1.19. The summed E-state index contributed by atoms with van der Waals surface area (Å²) in [6.07, 6.45) is -6.16. The third-order valence-electron chi connectivity index (χ3n) is 5.51. The van der Waals surface area contributed by atoms with E-state index in [2.05, 4.69) is 21.7 Å². The van der Waals surface area contributed by atoms with Crippen LogP contribution in [0.4, 0.5) is 0 Å². The number of carboxylic acids is 1. The van der Waals surface area contributed by atoms with Gasteiger partial charge in [-0.25, -0.2) is 4.79 Å². The number of amides is 2.